The zero-order valence-electron chi connectivity index (χ0n) is 15.6. The number of rotatable bonds is 6. The zero-order chi connectivity index (χ0) is 20.3. The van der Waals surface area contributed by atoms with Gasteiger partial charge in [0.15, 0.2) is 18.0 Å². The molecule has 2 N–H and O–H groups in total. The molecule has 0 fully saturated rings. The number of nitrogens with zero attached hydrogens (tertiary/aromatic N) is 1. The molecule has 0 radical (unpaired) electrons. The predicted octanol–water partition coefficient (Wildman–Crippen LogP) is 1.85. The van der Waals surface area contributed by atoms with E-state index in [9.17, 15) is 14.9 Å². The Morgan fingerprint density at radius 1 is 1.21 bits per heavy atom. The largest absolute Gasteiger partial charge is 0.493 e. The van der Waals surface area contributed by atoms with E-state index in [1.165, 1.54) is 23.8 Å². The van der Waals surface area contributed by atoms with Crippen LogP contribution in [0.3, 0.4) is 0 Å². The van der Waals surface area contributed by atoms with Crippen molar-refractivity contribution in [3.63, 3.8) is 0 Å². The van der Waals surface area contributed by atoms with Gasteiger partial charge in [0.05, 0.1) is 25.7 Å². The number of carbonyl (C=O) groups excluding carboxylic acids is 1. The molecule has 0 bridgehead atoms. The summed E-state index contributed by atoms with van der Waals surface area (Å²) in [6.45, 7) is 1.64. The molecule has 1 aliphatic heterocycles. The van der Waals surface area contributed by atoms with Crippen molar-refractivity contribution < 1.29 is 24.1 Å². The second kappa shape index (κ2) is 8.45. The Morgan fingerprint density at radius 2 is 1.89 bits per heavy atom. The van der Waals surface area contributed by atoms with E-state index in [-0.39, 0.29) is 28.8 Å². The molecule has 0 spiro atoms. The molecular weight excluding hydrogens is 386 g/mol. The smallest absolute Gasteiger partial charge is 0.294 e. The van der Waals surface area contributed by atoms with Crippen molar-refractivity contribution in [1.29, 1.82) is 0 Å². The minimum absolute atomic E-state index is 0.141. The number of amides is 1. The van der Waals surface area contributed by atoms with Crippen LogP contribution >= 0.6 is 11.6 Å². The van der Waals surface area contributed by atoms with Crippen LogP contribution in [0.25, 0.3) is 0 Å². The minimum atomic E-state index is -0.564. The second-order valence-corrected chi connectivity index (χ2v) is 6.98. The maximum atomic E-state index is 12.4. The number of methoxy groups -OCH3 is 2. The Kier molecular flexibility index (Phi) is 6.01. The molecule has 2 aromatic carbocycles. The molecule has 1 aliphatic rings. The number of carbonyl (C=O) groups is 1. The maximum absolute atomic E-state index is 12.4. The monoisotopic (exact) mass is 406 g/mol. The van der Waals surface area contributed by atoms with Gasteiger partial charge in [0.1, 0.15) is 12.2 Å². The lowest BCUT2D eigenvalue weighted by molar-refractivity contribution is -0.907. The van der Waals surface area contributed by atoms with Crippen LogP contribution < -0.4 is 19.7 Å². The van der Waals surface area contributed by atoms with Gasteiger partial charge in [-0.15, -0.1) is 0 Å². The number of anilines is 1. The van der Waals surface area contributed by atoms with E-state index in [4.69, 9.17) is 21.1 Å². The van der Waals surface area contributed by atoms with E-state index in [1.807, 2.05) is 12.1 Å². The third kappa shape index (κ3) is 4.35. The van der Waals surface area contributed by atoms with Crippen molar-refractivity contribution >= 4 is 28.9 Å². The number of quaternary nitrogens is 1. The molecular formula is C19H21ClN3O5+. The molecule has 0 aliphatic carbocycles. The maximum Gasteiger partial charge on any atom is 0.294 e. The first-order valence-electron chi connectivity index (χ1n) is 8.72. The van der Waals surface area contributed by atoms with E-state index in [0.717, 1.165) is 23.4 Å². The summed E-state index contributed by atoms with van der Waals surface area (Å²) in [6, 6.07) is 8.09. The molecule has 1 unspecified atom stereocenters. The van der Waals surface area contributed by atoms with Crippen LogP contribution in [0.2, 0.25) is 5.02 Å². The lowest BCUT2D eigenvalue weighted by Crippen LogP contribution is -3.12. The van der Waals surface area contributed by atoms with Crippen molar-refractivity contribution in [3.8, 4) is 11.5 Å². The second-order valence-electron chi connectivity index (χ2n) is 6.55. The fraction of sp³-hybridized carbons (Fsp3) is 0.316. The van der Waals surface area contributed by atoms with Crippen molar-refractivity contribution in [2.45, 2.75) is 13.0 Å². The van der Waals surface area contributed by atoms with E-state index < -0.39 is 4.92 Å². The Bertz CT molecular complexity index is 919. The number of halogens is 1. The van der Waals surface area contributed by atoms with Gasteiger partial charge in [0.2, 0.25) is 0 Å². The van der Waals surface area contributed by atoms with Crippen LogP contribution in [-0.2, 0) is 17.8 Å². The molecule has 0 saturated carbocycles. The molecule has 1 heterocycles. The van der Waals surface area contributed by atoms with Crippen LogP contribution in [0.4, 0.5) is 11.4 Å². The van der Waals surface area contributed by atoms with Gasteiger partial charge in [-0.1, -0.05) is 11.6 Å². The average molecular weight is 407 g/mol. The number of hydrogen-bond donors (Lipinski definition) is 2. The molecule has 8 nitrogen and oxygen atoms in total. The van der Waals surface area contributed by atoms with Crippen LogP contribution in [-0.4, -0.2) is 38.1 Å². The summed E-state index contributed by atoms with van der Waals surface area (Å²) in [5.74, 6) is 1.06. The molecule has 28 heavy (non-hydrogen) atoms. The normalized spacial score (nSPS) is 15.5. The van der Waals surface area contributed by atoms with Gasteiger partial charge in [0, 0.05) is 23.1 Å². The average Bonchev–Trinajstić information content (AvgIpc) is 2.67. The van der Waals surface area contributed by atoms with E-state index >= 15 is 0 Å². The van der Waals surface area contributed by atoms with Crippen LogP contribution in [0.5, 0.6) is 11.5 Å². The van der Waals surface area contributed by atoms with Crippen molar-refractivity contribution in [3.05, 3.63) is 56.6 Å². The van der Waals surface area contributed by atoms with Crippen molar-refractivity contribution in [2.75, 3.05) is 32.6 Å². The van der Waals surface area contributed by atoms with Gasteiger partial charge in [-0.2, -0.15) is 0 Å². The van der Waals surface area contributed by atoms with Gasteiger partial charge in [-0.05, 0) is 29.8 Å². The number of nitro benzene ring substituents is 1. The van der Waals surface area contributed by atoms with E-state index in [1.54, 1.807) is 14.2 Å². The third-order valence-corrected chi connectivity index (χ3v) is 4.97. The summed E-state index contributed by atoms with van der Waals surface area (Å²) in [5, 5.41) is 14.0. The number of nitrogens with one attached hydrogen (secondary N) is 2. The van der Waals surface area contributed by atoms with Gasteiger partial charge in [0.25, 0.3) is 11.6 Å². The Balaban J connectivity index is 1.69. The van der Waals surface area contributed by atoms with E-state index in [2.05, 4.69) is 5.32 Å². The highest BCUT2D eigenvalue weighted by Gasteiger charge is 2.25. The molecule has 0 saturated heterocycles. The molecule has 2 aromatic rings. The molecule has 1 amide bonds. The molecule has 0 aromatic heterocycles. The Hall–Kier alpha value is -2.84. The first-order chi connectivity index (χ1) is 13.4. The fourth-order valence-corrected chi connectivity index (χ4v) is 3.53. The summed E-state index contributed by atoms with van der Waals surface area (Å²) in [4.78, 5) is 24.1. The summed E-state index contributed by atoms with van der Waals surface area (Å²) in [5.41, 5.74) is 2.19. The first kappa shape index (κ1) is 19.9. The number of nitro groups is 1. The quantitative estimate of drug-likeness (QED) is 0.564. The molecule has 3 rings (SSSR count). The fourth-order valence-electron chi connectivity index (χ4n) is 3.36. The van der Waals surface area contributed by atoms with Crippen LogP contribution in [0, 0.1) is 10.1 Å². The standard InChI is InChI=1S/C19H20ClN3O5/c1-27-17-7-12-5-6-22(10-13(12)8-18(17)28-2)11-19(24)21-15-4-3-14(20)9-16(15)23(25)26/h3-4,7-9H,5-6,10-11H2,1-2H3,(H,21,24)/p+1. The first-order valence-corrected chi connectivity index (χ1v) is 9.10. The molecule has 1 atom stereocenters. The van der Waals surface area contributed by atoms with Gasteiger partial charge >= 0.3 is 0 Å². The van der Waals surface area contributed by atoms with Crippen molar-refractivity contribution in [1.82, 2.24) is 0 Å². The van der Waals surface area contributed by atoms with Crippen molar-refractivity contribution in [2.24, 2.45) is 0 Å². The predicted molar refractivity (Wildman–Crippen MR) is 104 cm³/mol. The lowest BCUT2D eigenvalue weighted by Gasteiger charge is -2.26. The third-order valence-electron chi connectivity index (χ3n) is 4.74. The summed E-state index contributed by atoms with van der Waals surface area (Å²) < 4.78 is 10.7. The number of benzene rings is 2. The summed E-state index contributed by atoms with van der Waals surface area (Å²) >= 11 is 5.81. The van der Waals surface area contributed by atoms with Gasteiger partial charge < -0.3 is 19.7 Å². The SMILES string of the molecule is COc1cc2c(cc1OC)C[NH+](CC(=O)Nc1ccc(Cl)cc1[N+](=O)[O-])CC2. The lowest BCUT2D eigenvalue weighted by atomic mass is 9.99. The van der Waals surface area contributed by atoms with Crippen LogP contribution in [0.15, 0.2) is 30.3 Å². The highest BCUT2D eigenvalue weighted by molar-refractivity contribution is 6.31. The zero-order valence-corrected chi connectivity index (χ0v) is 16.3. The number of ether oxygens (including phenoxy) is 2. The highest BCUT2D eigenvalue weighted by atomic mass is 35.5. The molecule has 9 heteroatoms. The van der Waals surface area contributed by atoms with Gasteiger partial charge in [-0.3, -0.25) is 14.9 Å². The highest BCUT2D eigenvalue weighted by Crippen LogP contribution is 2.31. The molecule has 148 valence electrons. The summed E-state index contributed by atoms with van der Waals surface area (Å²) in [6.07, 6.45) is 0.805. The summed E-state index contributed by atoms with van der Waals surface area (Å²) in [7, 11) is 3.19. The minimum Gasteiger partial charge on any atom is -0.493 e. The Labute approximate surface area is 167 Å². The van der Waals surface area contributed by atoms with Gasteiger partial charge in [-0.25, -0.2) is 0 Å². The topological polar surface area (TPSA) is 95.1 Å². The van der Waals surface area contributed by atoms with Crippen LogP contribution in [0.1, 0.15) is 11.1 Å². The number of hydrogen-bond acceptors (Lipinski definition) is 5. The van der Waals surface area contributed by atoms with E-state index in [0.29, 0.717) is 18.0 Å². The Morgan fingerprint density at radius 3 is 2.54 bits per heavy atom. The number of fused-ring (bicyclic) bond motifs is 1.